The molecule has 0 aliphatic rings. The van der Waals surface area contributed by atoms with E-state index in [-0.39, 0.29) is 0 Å². The van der Waals surface area contributed by atoms with Crippen LogP contribution in [-0.2, 0) is 0 Å². The third-order valence-electron chi connectivity index (χ3n) is 9.72. The van der Waals surface area contributed by atoms with Gasteiger partial charge in [0.25, 0.3) is 0 Å². The van der Waals surface area contributed by atoms with E-state index in [1.807, 2.05) is 48.5 Å². The average Bonchev–Trinajstić information content (AvgIpc) is 3.61. The van der Waals surface area contributed by atoms with Gasteiger partial charge in [0.05, 0.1) is 0 Å². The zero-order valence-electron chi connectivity index (χ0n) is 27.5. The summed E-state index contributed by atoms with van der Waals surface area (Å²) in [5, 5.41) is 6.74. The first-order valence-corrected chi connectivity index (χ1v) is 17.1. The van der Waals surface area contributed by atoms with Crippen LogP contribution in [0, 0.1) is 0 Å². The van der Waals surface area contributed by atoms with Gasteiger partial charge in [-0.05, 0) is 62.7 Å². The molecule has 4 nitrogen and oxygen atoms in total. The van der Waals surface area contributed by atoms with Crippen LogP contribution < -0.4 is 0 Å². The number of benzene rings is 8. The smallest absolute Gasteiger partial charge is 0.164 e. The van der Waals surface area contributed by atoms with E-state index in [4.69, 9.17) is 19.4 Å². The maximum atomic E-state index is 6.51. The SMILES string of the molecule is c1ccc(-c2nc(-c3cccc(-c4ccc(-c5ccc6ccccc6c5)cc4)c3)nc(-c3cccc4oc5c6ccccc6ccc5c34)n2)cc1. The molecule has 0 atom stereocenters. The van der Waals surface area contributed by atoms with Gasteiger partial charge in [-0.15, -0.1) is 0 Å². The highest BCUT2D eigenvalue weighted by Gasteiger charge is 2.19. The lowest BCUT2D eigenvalue weighted by Gasteiger charge is -2.11. The summed E-state index contributed by atoms with van der Waals surface area (Å²) >= 11 is 0. The topological polar surface area (TPSA) is 51.8 Å². The highest BCUT2D eigenvalue weighted by molar-refractivity contribution is 6.18. The van der Waals surface area contributed by atoms with Crippen LogP contribution in [-0.4, -0.2) is 15.0 Å². The summed E-state index contributed by atoms with van der Waals surface area (Å²) < 4.78 is 6.51. The molecule has 2 aromatic heterocycles. The minimum atomic E-state index is 0.602. The molecule has 0 N–H and O–H groups in total. The summed E-state index contributed by atoms with van der Waals surface area (Å²) in [6.07, 6.45) is 0. The molecule has 2 heterocycles. The van der Waals surface area contributed by atoms with E-state index < -0.39 is 0 Å². The van der Waals surface area contributed by atoms with Crippen LogP contribution in [0.5, 0.6) is 0 Å². The number of nitrogens with zero attached hydrogens (tertiary/aromatic N) is 3. The van der Waals surface area contributed by atoms with Crippen molar-refractivity contribution in [2.75, 3.05) is 0 Å². The van der Waals surface area contributed by atoms with Crippen molar-refractivity contribution in [1.29, 1.82) is 0 Å². The zero-order valence-corrected chi connectivity index (χ0v) is 27.5. The van der Waals surface area contributed by atoms with Gasteiger partial charge in [0.1, 0.15) is 11.2 Å². The molecule has 8 aromatic carbocycles. The first-order chi connectivity index (χ1) is 25.2. The summed E-state index contributed by atoms with van der Waals surface area (Å²) in [5.74, 6) is 1.84. The molecule has 0 unspecified atom stereocenters. The zero-order chi connectivity index (χ0) is 33.7. The molecule has 0 amide bonds. The lowest BCUT2D eigenvalue weighted by Crippen LogP contribution is -2.00. The van der Waals surface area contributed by atoms with Gasteiger partial charge in [0.15, 0.2) is 17.5 Å². The fourth-order valence-corrected chi connectivity index (χ4v) is 7.14. The molecule has 51 heavy (non-hydrogen) atoms. The number of furan rings is 1. The maximum Gasteiger partial charge on any atom is 0.164 e. The highest BCUT2D eigenvalue weighted by Crippen LogP contribution is 2.39. The summed E-state index contributed by atoms with van der Waals surface area (Å²) in [4.78, 5) is 15.3. The van der Waals surface area contributed by atoms with E-state index in [0.29, 0.717) is 17.5 Å². The van der Waals surface area contributed by atoms with E-state index in [0.717, 1.165) is 60.5 Å². The van der Waals surface area contributed by atoms with Crippen molar-refractivity contribution >= 4 is 43.5 Å². The Kier molecular flexibility index (Phi) is 6.78. The summed E-state index contributed by atoms with van der Waals surface area (Å²) in [7, 11) is 0. The second kappa shape index (κ2) is 11.9. The second-order valence-electron chi connectivity index (χ2n) is 12.8. The number of hydrogen-bond acceptors (Lipinski definition) is 4. The number of fused-ring (bicyclic) bond motifs is 6. The van der Waals surface area contributed by atoms with Crippen molar-refractivity contribution in [3.8, 4) is 56.4 Å². The van der Waals surface area contributed by atoms with Crippen LogP contribution in [0.1, 0.15) is 0 Å². The molecule has 0 saturated heterocycles. The lowest BCUT2D eigenvalue weighted by molar-refractivity contribution is 0.672. The Balaban J connectivity index is 1.09. The fraction of sp³-hybridized carbons (Fsp3) is 0. The Hall–Kier alpha value is -6.91. The number of rotatable bonds is 5. The molecule has 0 fully saturated rings. The van der Waals surface area contributed by atoms with Crippen LogP contribution in [0.3, 0.4) is 0 Å². The second-order valence-corrected chi connectivity index (χ2v) is 12.8. The quantitative estimate of drug-likeness (QED) is 0.186. The molecule has 0 spiro atoms. The monoisotopic (exact) mass is 651 g/mol. The summed E-state index contributed by atoms with van der Waals surface area (Å²) in [6.45, 7) is 0. The van der Waals surface area contributed by atoms with Gasteiger partial charge in [0, 0.05) is 32.8 Å². The Labute approximate surface area is 294 Å². The molecule has 0 radical (unpaired) electrons. The predicted molar refractivity (Wildman–Crippen MR) is 209 cm³/mol. The third kappa shape index (κ3) is 5.13. The Morgan fingerprint density at radius 2 is 0.922 bits per heavy atom. The molecule has 10 rings (SSSR count). The van der Waals surface area contributed by atoms with E-state index in [1.165, 1.54) is 21.9 Å². The Bertz CT molecular complexity index is 2910. The van der Waals surface area contributed by atoms with Crippen molar-refractivity contribution in [3.63, 3.8) is 0 Å². The summed E-state index contributed by atoms with van der Waals surface area (Å²) in [5.41, 5.74) is 9.03. The summed E-state index contributed by atoms with van der Waals surface area (Å²) in [6, 6.07) is 61.1. The van der Waals surface area contributed by atoms with Crippen LogP contribution in [0.15, 0.2) is 180 Å². The molecule has 238 valence electrons. The average molecular weight is 652 g/mol. The number of aromatic nitrogens is 3. The van der Waals surface area contributed by atoms with E-state index in [9.17, 15) is 0 Å². The van der Waals surface area contributed by atoms with Crippen molar-refractivity contribution in [1.82, 2.24) is 15.0 Å². The van der Waals surface area contributed by atoms with E-state index in [1.54, 1.807) is 0 Å². The Morgan fingerprint density at radius 1 is 0.333 bits per heavy atom. The van der Waals surface area contributed by atoms with Crippen LogP contribution in [0.25, 0.3) is 99.9 Å². The molecule has 0 bridgehead atoms. The lowest BCUT2D eigenvalue weighted by atomic mass is 9.97. The normalized spacial score (nSPS) is 11.5. The minimum absolute atomic E-state index is 0.602. The first-order valence-electron chi connectivity index (χ1n) is 17.1. The highest BCUT2D eigenvalue weighted by atomic mass is 16.3. The van der Waals surface area contributed by atoms with Crippen molar-refractivity contribution < 1.29 is 4.42 Å². The molecule has 0 saturated carbocycles. The van der Waals surface area contributed by atoms with Gasteiger partial charge in [-0.25, -0.2) is 15.0 Å². The van der Waals surface area contributed by atoms with E-state index >= 15 is 0 Å². The van der Waals surface area contributed by atoms with Crippen LogP contribution in [0.4, 0.5) is 0 Å². The Morgan fingerprint density at radius 3 is 1.75 bits per heavy atom. The minimum Gasteiger partial charge on any atom is -0.455 e. The van der Waals surface area contributed by atoms with Crippen LogP contribution >= 0.6 is 0 Å². The largest absolute Gasteiger partial charge is 0.455 e. The molecule has 0 aliphatic carbocycles. The van der Waals surface area contributed by atoms with Gasteiger partial charge >= 0.3 is 0 Å². The van der Waals surface area contributed by atoms with Crippen LogP contribution in [0.2, 0.25) is 0 Å². The fourth-order valence-electron chi connectivity index (χ4n) is 7.14. The van der Waals surface area contributed by atoms with Gasteiger partial charge in [0.2, 0.25) is 0 Å². The predicted octanol–water partition coefficient (Wildman–Crippen LogP) is 12.4. The van der Waals surface area contributed by atoms with Crippen molar-refractivity contribution in [3.05, 3.63) is 176 Å². The van der Waals surface area contributed by atoms with Gasteiger partial charge in [-0.2, -0.15) is 0 Å². The molecular weight excluding hydrogens is 623 g/mol. The maximum absolute atomic E-state index is 6.51. The number of hydrogen-bond donors (Lipinski definition) is 0. The van der Waals surface area contributed by atoms with Gasteiger partial charge < -0.3 is 4.42 Å². The van der Waals surface area contributed by atoms with Crippen molar-refractivity contribution in [2.45, 2.75) is 0 Å². The van der Waals surface area contributed by atoms with Gasteiger partial charge in [-0.3, -0.25) is 0 Å². The molecular formula is C47H29N3O. The van der Waals surface area contributed by atoms with Gasteiger partial charge in [-0.1, -0.05) is 152 Å². The molecule has 4 heteroatoms. The molecule has 0 aliphatic heterocycles. The first kappa shape index (κ1) is 29.0. The molecule has 10 aromatic rings. The van der Waals surface area contributed by atoms with E-state index in [2.05, 4.69) is 127 Å². The van der Waals surface area contributed by atoms with Crippen molar-refractivity contribution in [2.24, 2.45) is 0 Å². The third-order valence-corrected chi connectivity index (χ3v) is 9.72. The standard InChI is InChI=1S/C47H29N3O/c1-2-12-34(13-3-1)45-48-46(50-47(49-45)41-18-9-19-42-43(41)40-27-26-33-11-6-7-17-39(33)44(40)51-42)38-16-8-15-36(29-38)31-20-22-32(23-21-31)37-25-24-30-10-4-5-14-35(30)28-37/h1-29H.